The van der Waals surface area contributed by atoms with E-state index in [4.69, 9.17) is 0 Å². The van der Waals surface area contributed by atoms with E-state index >= 15 is 0 Å². The van der Waals surface area contributed by atoms with Crippen molar-refractivity contribution in [3.05, 3.63) is 35.4 Å². The van der Waals surface area contributed by atoms with Crippen LogP contribution in [0.5, 0.6) is 0 Å². The molecule has 0 bridgehead atoms. The summed E-state index contributed by atoms with van der Waals surface area (Å²) in [7, 11) is 0. The summed E-state index contributed by atoms with van der Waals surface area (Å²) in [5.74, 6) is 4.01. The molecular weight excluding hydrogens is 336 g/mol. The van der Waals surface area contributed by atoms with Crippen LogP contribution in [0.1, 0.15) is 127 Å². The van der Waals surface area contributed by atoms with Crippen LogP contribution in [0, 0.1) is 17.8 Å². The van der Waals surface area contributed by atoms with Crippen molar-refractivity contribution in [1.82, 2.24) is 0 Å². The molecule has 0 saturated heterocycles. The van der Waals surface area contributed by atoms with Crippen molar-refractivity contribution in [2.45, 2.75) is 122 Å². The van der Waals surface area contributed by atoms with Gasteiger partial charge in [0, 0.05) is 0 Å². The van der Waals surface area contributed by atoms with Gasteiger partial charge in [0.25, 0.3) is 0 Å². The number of unbranched alkanes of at least 4 members (excludes halogenated alkanes) is 4. The predicted molar refractivity (Wildman–Crippen MR) is 124 cm³/mol. The normalized spacial score (nSPS) is 28.4. The quantitative estimate of drug-likeness (QED) is 0.354. The van der Waals surface area contributed by atoms with E-state index in [0.717, 1.165) is 23.7 Å². The van der Waals surface area contributed by atoms with Gasteiger partial charge in [0.05, 0.1) is 0 Å². The molecule has 2 aliphatic rings. The Balaban J connectivity index is 1.34. The molecule has 2 saturated carbocycles. The highest BCUT2D eigenvalue weighted by atomic mass is 14.4. The van der Waals surface area contributed by atoms with E-state index < -0.39 is 0 Å². The lowest BCUT2D eigenvalue weighted by Gasteiger charge is -2.38. The summed E-state index contributed by atoms with van der Waals surface area (Å²) in [4.78, 5) is 0. The lowest BCUT2D eigenvalue weighted by Crippen LogP contribution is -2.25. The Kier molecular flexibility index (Phi) is 9.42. The number of hydrogen-bond donors (Lipinski definition) is 0. The van der Waals surface area contributed by atoms with E-state index in [2.05, 4.69) is 38.1 Å². The molecule has 0 aromatic heterocycles. The molecule has 158 valence electrons. The van der Waals surface area contributed by atoms with Gasteiger partial charge < -0.3 is 0 Å². The van der Waals surface area contributed by atoms with Gasteiger partial charge in [0.2, 0.25) is 0 Å². The van der Waals surface area contributed by atoms with Crippen molar-refractivity contribution in [3.63, 3.8) is 0 Å². The zero-order valence-electron chi connectivity index (χ0n) is 18.9. The standard InChI is InChI=1S/C28H46/c1-3-5-6-7-8-10-24-13-17-26(18-14-24)28-21-19-27(20-22-28)25-15-11-23(9-4-2)12-16-25/h11-12,15-16,24,26-28H,3-10,13-14,17-22H2,1-2H3. The van der Waals surface area contributed by atoms with E-state index in [-0.39, 0.29) is 0 Å². The lowest BCUT2D eigenvalue weighted by molar-refractivity contribution is 0.155. The van der Waals surface area contributed by atoms with Crippen LogP contribution in [0.25, 0.3) is 0 Å². The van der Waals surface area contributed by atoms with E-state index in [9.17, 15) is 0 Å². The fourth-order valence-electron chi connectivity index (χ4n) is 6.15. The SMILES string of the molecule is CCCCCCCC1CCC(C2CCC(c3ccc(CCC)cc3)CC2)CC1. The second-order valence-corrected chi connectivity index (χ2v) is 10.1. The maximum absolute atomic E-state index is 2.43. The Labute approximate surface area is 175 Å². The predicted octanol–water partition coefficient (Wildman–Crippen LogP) is 9.08. The number of hydrogen-bond acceptors (Lipinski definition) is 0. The summed E-state index contributed by atoms with van der Waals surface area (Å²) in [5, 5.41) is 0. The lowest BCUT2D eigenvalue weighted by atomic mass is 9.68. The number of benzene rings is 1. The third kappa shape index (κ3) is 6.64. The molecule has 0 nitrogen and oxygen atoms in total. The summed E-state index contributed by atoms with van der Waals surface area (Å²) in [6, 6.07) is 9.63. The molecule has 0 amide bonds. The molecule has 0 heterocycles. The second kappa shape index (κ2) is 12.0. The van der Waals surface area contributed by atoms with E-state index in [1.807, 2.05) is 0 Å². The summed E-state index contributed by atoms with van der Waals surface area (Å²) >= 11 is 0. The molecule has 0 heteroatoms. The summed E-state index contributed by atoms with van der Waals surface area (Å²) in [5.41, 5.74) is 3.13. The molecule has 1 aromatic carbocycles. The van der Waals surface area contributed by atoms with Gasteiger partial charge >= 0.3 is 0 Å². The van der Waals surface area contributed by atoms with Gasteiger partial charge in [0.1, 0.15) is 0 Å². The van der Waals surface area contributed by atoms with Gasteiger partial charge in [-0.1, -0.05) is 95.9 Å². The average molecular weight is 383 g/mol. The summed E-state index contributed by atoms with van der Waals surface area (Å²) in [6.45, 7) is 4.59. The molecule has 2 aliphatic carbocycles. The Bertz CT molecular complexity index is 511. The molecule has 1 aromatic rings. The smallest absolute Gasteiger partial charge is 0.0162 e. The monoisotopic (exact) mass is 382 g/mol. The average Bonchev–Trinajstić information content (AvgIpc) is 2.75. The van der Waals surface area contributed by atoms with Gasteiger partial charge in [-0.3, -0.25) is 0 Å². The van der Waals surface area contributed by atoms with E-state index in [0.29, 0.717) is 0 Å². The molecule has 2 fully saturated rings. The minimum absolute atomic E-state index is 0.839. The third-order valence-corrected chi connectivity index (χ3v) is 8.04. The molecule has 3 rings (SSSR count). The first-order chi connectivity index (χ1) is 13.8. The third-order valence-electron chi connectivity index (χ3n) is 8.04. The molecule has 0 radical (unpaired) electrons. The molecule has 0 aliphatic heterocycles. The fourth-order valence-corrected chi connectivity index (χ4v) is 6.15. The summed E-state index contributed by atoms with van der Waals surface area (Å²) < 4.78 is 0. The Morgan fingerprint density at radius 2 is 1.25 bits per heavy atom. The molecule has 0 spiro atoms. The van der Waals surface area contributed by atoms with Crippen molar-refractivity contribution in [2.24, 2.45) is 17.8 Å². The maximum Gasteiger partial charge on any atom is -0.0162 e. The Morgan fingerprint density at radius 1 is 0.643 bits per heavy atom. The van der Waals surface area contributed by atoms with Gasteiger partial charge in [-0.05, 0) is 79.7 Å². The zero-order valence-corrected chi connectivity index (χ0v) is 18.9. The second-order valence-electron chi connectivity index (χ2n) is 10.1. The van der Waals surface area contributed by atoms with Crippen LogP contribution in [0.15, 0.2) is 24.3 Å². The first kappa shape index (κ1) is 21.9. The van der Waals surface area contributed by atoms with Crippen LogP contribution < -0.4 is 0 Å². The Hall–Kier alpha value is -0.780. The zero-order chi connectivity index (χ0) is 19.6. The Morgan fingerprint density at radius 3 is 1.86 bits per heavy atom. The largest absolute Gasteiger partial charge is 0.0654 e. The molecule has 0 N–H and O–H groups in total. The van der Waals surface area contributed by atoms with E-state index in [1.54, 1.807) is 18.4 Å². The van der Waals surface area contributed by atoms with Gasteiger partial charge in [-0.25, -0.2) is 0 Å². The fraction of sp³-hybridized carbons (Fsp3) is 0.786. The molecule has 0 unspecified atom stereocenters. The highest BCUT2D eigenvalue weighted by molar-refractivity contribution is 5.26. The summed E-state index contributed by atoms with van der Waals surface area (Å²) in [6.07, 6.45) is 23.3. The van der Waals surface area contributed by atoms with Crippen LogP contribution in [-0.4, -0.2) is 0 Å². The van der Waals surface area contributed by atoms with E-state index in [1.165, 1.54) is 95.5 Å². The van der Waals surface area contributed by atoms with Gasteiger partial charge in [-0.2, -0.15) is 0 Å². The minimum atomic E-state index is 0.839. The van der Waals surface area contributed by atoms with Crippen LogP contribution in [0.4, 0.5) is 0 Å². The van der Waals surface area contributed by atoms with Crippen LogP contribution in [-0.2, 0) is 6.42 Å². The van der Waals surface area contributed by atoms with Gasteiger partial charge in [-0.15, -0.1) is 0 Å². The van der Waals surface area contributed by atoms with Crippen LogP contribution in [0.3, 0.4) is 0 Å². The first-order valence-electron chi connectivity index (χ1n) is 12.9. The van der Waals surface area contributed by atoms with Crippen molar-refractivity contribution in [2.75, 3.05) is 0 Å². The van der Waals surface area contributed by atoms with Crippen molar-refractivity contribution < 1.29 is 0 Å². The van der Waals surface area contributed by atoms with Crippen LogP contribution >= 0.6 is 0 Å². The first-order valence-corrected chi connectivity index (χ1v) is 12.9. The van der Waals surface area contributed by atoms with Crippen molar-refractivity contribution in [1.29, 1.82) is 0 Å². The van der Waals surface area contributed by atoms with Crippen molar-refractivity contribution in [3.8, 4) is 0 Å². The topological polar surface area (TPSA) is 0 Å². The van der Waals surface area contributed by atoms with Gasteiger partial charge in [0.15, 0.2) is 0 Å². The molecule has 0 atom stereocenters. The highest BCUT2D eigenvalue weighted by Gasteiger charge is 2.31. The minimum Gasteiger partial charge on any atom is -0.0654 e. The van der Waals surface area contributed by atoms with Crippen molar-refractivity contribution >= 4 is 0 Å². The van der Waals surface area contributed by atoms with Crippen LogP contribution in [0.2, 0.25) is 0 Å². The highest BCUT2D eigenvalue weighted by Crippen LogP contribution is 2.44. The number of rotatable bonds is 10. The molecule has 28 heavy (non-hydrogen) atoms. The molecular formula is C28H46. The number of aryl methyl sites for hydroxylation is 1. The maximum atomic E-state index is 2.43.